The molecule has 2 atom stereocenters. The molecule has 0 unspecified atom stereocenters. The second-order valence-corrected chi connectivity index (χ2v) is 4.18. The summed E-state index contributed by atoms with van der Waals surface area (Å²) in [7, 11) is 0. The quantitative estimate of drug-likeness (QED) is 0.673. The van der Waals surface area contributed by atoms with Gasteiger partial charge >= 0.3 is 11.9 Å². The number of halogens is 1. The number of carboxylic acids is 1. The predicted molar refractivity (Wildman–Crippen MR) is 51.0 cm³/mol. The SMILES string of the molecule is CC(C)(C)OC(=O)[C@@H](F)C[C@H](N)C(=O)O. The zero-order valence-corrected chi connectivity index (χ0v) is 8.99. The standard InChI is InChI=1S/C9H16FNO4/c1-9(2,3)15-8(14)5(10)4-6(11)7(12)13/h5-6H,4,11H2,1-3H3,(H,12,13)/t5-,6-/m0/s1. The Bertz CT molecular complexity index is 249. The van der Waals surface area contributed by atoms with E-state index in [0.29, 0.717) is 0 Å². The van der Waals surface area contributed by atoms with Gasteiger partial charge in [0.2, 0.25) is 0 Å². The lowest BCUT2D eigenvalue weighted by Crippen LogP contribution is -2.37. The molecule has 0 aliphatic carbocycles. The molecular weight excluding hydrogens is 205 g/mol. The van der Waals surface area contributed by atoms with Gasteiger partial charge in [0, 0.05) is 6.42 Å². The van der Waals surface area contributed by atoms with E-state index >= 15 is 0 Å². The molecule has 15 heavy (non-hydrogen) atoms. The summed E-state index contributed by atoms with van der Waals surface area (Å²) in [6, 6.07) is -1.40. The van der Waals surface area contributed by atoms with Crippen LogP contribution in [-0.4, -0.2) is 34.9 Å². The van der Waals surface area contributed by atoms with Crippen molar-refractivity contribution in [3.05, 3.63) is 0 Å². The lowest BCUT2D eigenvalue weighted by atomic mass is 10.1. The number of rotatable bonds is 4. The van der Waals surface area contributed by atoms with E-state index in [1.54, 1.807) is 20.8 Å². The van der Waals surface area contributed by atoms with Gasteiger partial charge in [-0.1, -0.05) is 0 Å². The fourth-order valence-electron chi connectivity index (χ4n) is 0.786. The fourth-order valence-corrected chi connectivity index (χ4v) is 0.786. The van der Waals surface area contributed by atoms with Crippen molar-refractivity contribution in [3.8, 4) is 0 Å². The van der Waals surface area contributed by atoms with E-state index < -0.39 is 36.2 Å². The highest BCUT2D eigenvalue weighted by Gasteiger charge is 2.28. The lowest BCUT2D eigenvalue weighted by Gasteiger charge is -2.21. The number of carbonyl (C=O) groups excluding carboxylic acids is 1. The van der Waals surface area contributed by atoms with Crippen molar-refractivity contribution in [2.75, 3.05) is 0 Å². The van der Waals surface area contributed by atoms with Crippen molar-refractivity contribution >= 4 is 11.9 Å². The van der Waals surface area contributed by atoms with Gasteiger partial charge in [-0.05, 0) is 20.8 Å². The van der Waals surface area contributed by atoms with E-state index in [1.165, 1.54) is 0 Å². The Morgan fingerprint density at radius 1 is 1.47 bits per heavy atom. The number of carboxylic acid groups (broad SMARTS) is 1. The Kier molecular flexibility index (Phi) is 4.67. The highest BCUT2D eigenvalue weighted by molar-refractivity contribution is 5.78. The molecule has 0 aliphatic rings. The third-order valence-corrected chi connectivity index (χ3v) is 1.44. The van der Waals surface area contributed by atoms with E-state index in [-0.39, 0.29) is 0 Å². The molecule has 0 fully saturated rings. The molecule has 0 heterocycles. The fraction of sp³-hybridized carbons (Fsp3) is 0.778. The molecule has 5 nitrogen and oxygen atoms in total. The average Bonchev–Trinajstić information content (AvgIpc) is 2.00. The van der Waals surface area contributed by atoms with Gasteiger partial charge in [-0.3, -0.25) is 4.79 Å². The van der Waals surface area contributed by atoms with E-state index in [2.05, 4.69) is 0 Å². The van der Waals surface area contributed by atoms with Crippen LogP contribution >= 0.6 is 0 Å². The minimum Gasteiger partial charge on any atom is -0.480 e. The maximum absolute atomic E-state index is 13.1. The van der Waals surface area contributed by atoms with E-state index in [4.69, 9.17) is 15.6 Å². The molecule has 6 heteroatoms. The maximum Gasteiger partial charge on any atom is 0.341 e. The molecule has 88 valence electrons. The van der Waals surface area contributed by atoms with Crippen LogP contribution in [0.3, 0.4) is 0 Å². The first-order chi connectivity index (χ1) is 6.63. The maximum atomic E-state index is 13.1. The first-order valence-electron chi connectivity index (χ1n) is 4.49. The Morgan fingerprint density at radius 2 is 1.93 bits per heavy atom. The summed E-state index contributed by atoms with van der Waals surface area (Å²) < 4.78 is 17.8. The summed E-state index contributed by atoms with van der Waals surface area (Å²) in [5.74, 6) is -2.43. The summed E-state index contributed by atoms with van der Waals surface area (Å²) in [5, 5.41) is 8.40. The van der Waals surface area contributed by atoms with Crippen LogP contribution in [-0.2, 0) is 14.3 Å². The third-order valence-electron chi connectivity index (χ3n) is 1.44. The summed E-state index contributed by atoms with van der Waals surface area (Å²) in [4.78, 5) is 21.4. The second kappa shape index (κ2) is 5.06. The zero-order valence-electron chi connectivity index (χ0n) is 8.99. The van der Waals surface area contributed by atoms with E-state index in [1.807, 2.05) is 0 Å². The molecule has 0 saturated heterocycles. The Hall–Kier alpha value is -1.17. The van der Waals surface area contributed by atoms with Crippen LogP contribution in [0.5, 0.6) is 0 Å². The molecule has 0 aliphatic heterocycles. The van der Waals surface area contributed by atoms with Crippen molar-refractivity contribution in [1.29, 1.82) is 0 Å². The molecule has 3 N–H and O–H groups in total. The summed E-state index contributed by atoms with van der Waals surface area (Å²) >= 11 is 0. The van der Waals surface area contributed by atoms with Crippen LogP contribution in [0.4, 0.5) is 4.39 Å². The number of nitrogens with two attached hydrogens (primary N) is 1. The van der Waals surface area contributed by atoms with Gasteiger partial charge in [0.1, 0.15) is 11.6 Å². The number of esters is 1. The molecule has 0 saturated carbocycles. The Labute approximate surface area is 87.4 Å². The molecule has 0 aromatic heterocycles. The number of hydrogen-bond donors (Lipinski definition) is 2. The summed E-state index contributed by atoms with van der Waals surface area (Å²) in [6.07, 6.45) is -2.58. The molecule has 0 spiro atoms. The topological polar surface area (TPSA) is 89.6 Å². The van der Waals surface area contributed by atoms with Crippen molar-refractivity contribution in [3.63, 3.8) is 0 Å². The molecule has 0 radical (unpaired) electrons. The van der Waals surface area contributed by atoms with Crippen LogP contribution < -0.4 is 5.73 Å². The van der Waals surface area contributed by atoms with E-state index in [9.17, 15) is 14.0 Å². The van der Waals surface area contributed by atoms with E-state index in [0.717, 1.165) is 0 Å². The van der Waals surface area contributed by atoms with Gasteiger partial charge < -0.3 is 15.6 Å². The average molecular weight is 221 g/mol. The minimum atomic E-state index is -2.00. The number of alkyl halides is 1. The molecule has 0 bridgehead atoms. The largest absolute Gasteiger partial charge is 0.480 e. The van der Waals surface area contributed by atoms with Crippen molar-refractivity contribution in [2.45, 2.75) is 45.0 Å². The molecule has 0 aromatic carbocycles. The van der Waals surface area contributed by atoms with Crippen molar-refractivity contribution < 1.29 is 23.8 Å². The zero-order chi connectivity index (χ0) is 12.2. The Morgan fingerprint density at radius 3 is 2.27 bits per heavy atom. The second-order valence-electron chi connectivity index (χ2n) is 4.18. The van der Waals surface area contributed by atoms with Crippen molar-refractivity contribution in [2.24, 2.45) is 5.73 Å². The molecular formula is C9H16FNO4. The predicted octanol–water partition coefficient (Wildman–Crippen LogP) is 0.468. The number of aliphatic carboxylic acids is 1. The van der Waals surface area contributed by atoms with Gasteiger partial charge in [-0.15, -0.1) is 0 Å². The first kappa shape index (κ1) is 13.8. The number of carbonyl (C=O) groups is 2. The smallest absolute Gasteiger partial charge is 0.341 e. The summed E-state index contributed by atoms with van der Waals surface area (Å²) in [6.45, 7) is 4.78. The minimum absolute atomic E-state index is 0.579. The lowest BCUT2D eigenvalue weighted by molar-refractivity contribution is -0.161. The Balaban J connectivity index is 4.17. The van der Waals surface area contributed by atoms with Crippen LogP contribution in [0.1, 0.15) is 27.2 Å². The van der Waals surface area contributed by atoms with Gasteiger partial charge in [0.05, 0.1) is 0 Å². The molecule has 0 amide bonds. The van der Waals surface area contributed by atoms with Gasteiger partial charge in [-0.25, -0.2) is 9.18 Å². The normalized spacial score (nSPS) is 15.5. The van der Waals surface area contributed by atoms with Crippen LogP contribution in [0, 0.1) is 0 Å². The first-order valence-corrected chi connectivity index (χ1v) is 4.49. The number of hydrogen-bond acceptors (Lipinski definition) is 4. The van der Waals surface area contributed by atoms with Gasteiger partial charge in [-0.2, -0.15) is 0 Å². The van der Waals surface area contributed by atoms with Gasteiger partial charge in [0.15, 0.2) is 6.17 Å². The number of ether oxygens (including phenoxy) is 1. The third kappa shape index (κ3) is 6.01. The van der Waals surface area contributed by atoms with Crippen LogP contribution in [0.2, 0.25) is 0 Å². The van der Waals surface area contributed by atoms with Crippen molar-refractivity contribution in [1.82, 2.24) is 0 Å². The highest BCUT2D eigenvalue weighted by atomic mass is 19.1. The van der Waals surface area contributed by atoms with Crippen LogP contribution in [0.15, 0.2) is 0 Å². The monoisotopic (exact) mass is 221 g/mol. The van der Waals surface area contributed by atoms with Crippen LogP contribution in [0.25, 0.3) is 0 Å². The molecule has 0 rings (SSSR count). The van der Waals surface area contributed by atoms with Gasteiger partial charge in [0.25, 0.3) is 0 Å². The highest BCUT2D eigenvalue weighted by Crippen LogP contribution is 2.12. The summed E-state index contributed by atoms with van der Waals surface area (Å²) in [5.41, 5.74) is 4.27. The molecule has 0 aromatic rings.